The number of hydrogen-bond acceptors (Lipinski definition) is 3. The highest BCUT2D eigenvalue weighted by molar-refractivity contribution is 7.99. The third kappa shape index (κ3) is 3.11. The maximum atomic E-state index is 4.43. The molecular formula is C17H16N2S. The fourth-order valence-corrected chi connectivity index (χ4v) is 2.90. The minimum absolute atomic E-state index is 0.903. The molecule has 0 aliphatic heterocycles. The highest BCUT2D eigenvalue weighted by Gasteiger charge is 2.00. The molecule has 100 valence electrons. The molecule has 0 saturated heterocycles. The summed E-state index contributed by atoms with van der Waals surface area (Å²) in [5.41, 5.74) is 0. The summed E-state index contributed by atoms with van der Waals surface area (Å²) in [6.45, 7) is 0.903. The van der Waals surface area contributed by atoms with E-state index < -0.39 is 0 Å². The maximum absolute atomic E-state index is 4.43. The van der Waals surface area contributed by atoms with Crippen LogP contribution in [-0.4, -0.2) is 17.3 Å². The van der Waals surface area contributed by atoms with Crippen LogP contribution in [0.1, 0.15) is 0 Å². The quantitative estimate of drug-likeness (QED) is 0.552. The zero-order chi connectivity index (χ0) is 13.6. The summed E-state index contributed by atoms with van der Waals surface area (Å²) in [4.78, 5) is 5.74. The minimum Gasteiger partial charge on any atom is -0.369 e. The van der Waals surface area contributed by atoms with E-state index in [0.29, 0.717) is 0 Å². The Hall–Kier alpha value is -2.00. The first-order valence-corrected chi connectivity index (χ1v) is 7.67. The predicted molar refractivity (Wildman–Crippen MR) is 87.4 cm³/mol. The topological polar surface area (TPSA) is 24.9 Å². The molecule has 20 heavy (non-hydrogen) atoms. The van der Waals surface area contributed by atoms with Crippen LogP contribution in [0.3, 0.4) is 0 Å². The van der Waals surface area contributed by atoms with Gasteiger partial charge in [-0.3, -0.25) is 0 Å². The number of nitrogens with zero attached hydrogens (tertiary/aromatic N) is 1. The second kappa shape index (κ2) is 6.44. The molecule has 0 aliphatic carbocycles. The van der Waals surface area contributed by atoms with Crippen LogP contribution < -0.4 is 5.32 Å². The molecule has 0 aliphatic rings. The van der Waals surface area contributed by atoms with Crippen LogP contribution in [0.2, 0.25) is 0 Å². The van der Waals surface area contributed by atoms with Crippen molar-refractivity contribution in [2.75, 3.05) is 17.6 Å². The number of benzene rings is 2. The van der Waals surface area contributed by atoms with Gasteiger partial charge in [-0.15, -0.1) is 11.8 Å². The second-order valence-electron chi connectivity index (χ2n) is 4.47. The molecule has 0 radical (unpaired) electrons. The smallest absolute Gasteiger partial charge is 0.133 e. The summed E-state index contributed by atoms with van der Waals surface area (Å²) in [5, 5.41) is 5.83. The van der Waals surface area contributed by atoms with E-state index in [9.17, 15) is 0 Å². The zero-order valence-corrected chi connectivity index (χ0v) is 11.9. The third-order valence-corrected chi connectivity index (χ3v) is 4.09. The van der Waals surface area contributed by atoms with E-state index in [2.05, 4.69) is 52.8 Å². The van der Waals surface area contributed by atoms with E-state index >= 15 is 0 Å². The monoisotopic (exact) mass is 280 g/mol. The van der Waals surface area contributed by atoms with Gasteiger partial charge in [0.1, 0.15) is 5.82 Å². The number of nitrogens with one attached hydrogen (secondary N) is 1. The van der Waals surface area contributed by atoms with Gasteiger partial charge in [0, 0.05) is 28.8 Å². The van der Waals surface area contributed by atoms with Crippen LogP contribution in [0.15, 0.2) is 71.8 Å². The standard InChI is InChI=1S/C17H16N2S/c1-2-7-15(8-3-1)20-13-12-19-17-16-9-5-4-6-14(16)10-11-18-17/h1-11H,12-13H2,(H,18,19). The molecule has 0 unspecified atom stereocenters. The van der Waals surface area contributed by atoms with Crippen LogP contribution in [-0.2, 0) is 0 Å². The fraction of sp³-hybridized carbons (Fsp3) is 0.118. The average Bonchev–Trinajstić information content (AvgIpc) is 2.53. The molecule has 1 N–H and O–H groups in total. The van der Waals surface area contributed by atoms with E-state index in [1.807, 2.05) is 36.2 Å². The molecule has 1 heterocycles. The SMILES string of the molecule is c1ccc(SCCNc2nccc3ccccc23)cc1. The molecule has 0 atom stereocenters. The van der Waals surface area contributed by atoms with E-state index in [0.717, 1.165) is 18.1 Å². The Morgan fingerprint density at radius 3 is 2.60 bits per heavy atom. The van der Waals surface area contributed by atoms with Crippen molar-refractivity contribution < 1.29 is 0 Å². The number of anilines is 1. The molecule has 2 nitrogen and oxygen atoms in total. The summed E-state index contributed by atoms with van der Waals surface area (Å²) in [6.07, 6.45) is 1.86. The molecular weight excluding hydrogens is 264 g/mol. The Morgan fingerprint density at radius 2 is 1.70 bits per heavy atom. The Kier molecular flexibility index (Phi) is 4.19. The van der Waals surface area contributed by atoms with Gasteiger partial charge in [0.05, 0.1) is 0 Å². The first-order valence-electron chi connectivity index (χ1n) is 6.69. The van der Waals surface area contributed by atoms with Crippen molar-refractivity contribution in [2.24, 2.45) is 0 Å². The number of rotatable bonds is 5. The number of fused-ring (bicyclic) bond motifs is 1. The van der Waals surface area contributed by atoms with Crippen molar-refractivity contribution in [3.8, 4) is 0 Å². The van der Waals surface area contributed by atoms with E-state index in [1.54, 1.807) is 0 Å². The zero-order valence-electron chi connectivity index (χ0n) is 11.1. The maximum Gasteiger partial charge on any atom is 0.133 e. The highest BCUT2D eigenvalue weighted by atomic mass is 32.2. The number of thioether (sulfide) groups is 1. The van der Waals surface area contributed by atoms with Gasteiger partial charge < -0.3 is 5.32 Å². The van der Waals surface area contributed by atoms with Gasteiger partial charge >= 0.3 is 0 Å². The molecule has 0 amide bonds. The van der Waals surface area contributed by atoms with Crippen molar-refractivity contribution in [1.82, 2.24) is 4.98 Å². The number of hydrogen-bond donors (Lipinski definition) is 1. The van der Waals surface area contributed by atoms with Crippen LogP contribution in [0.4, 0.5) is 5.82 Å². The lowest BCUT2D eigenvalue weighted by molar-refractivity contribution is 1.18. The summed E-state index contributed by atoms with van der Waals surface area (Å²) in [7, 11) is 0. The molecule has 0 bridgehead atoms. The molecule has 3 aromatic rings. The summed E-state index contributed by atoms with van der Waals surface area (Å²) >= 11 is 1.85. The van der Waals surface area contributed by atoms with Gasteiger partial charge in [-0.2, -0.15) is 0 Å². The molecule has 3 rings (SSSR count). The lowest BCUT2D eigenvalue weighted by Gasteiger charge is -2.08. The van der Waals surface area contributed by atoms with Crippen molar-refractivity contribution in [1.29, 1.82) is 0 Å². The first kappa shape index (κ1) is 13.0. The molecule has 0 spiro atoms. The summed E-state index contributed by atoms with van der Waals surface area (Å²) < 4.78 is 0. The van der Waals surface area contributed by atoms with Crippen molar-refractivity contribution in [2.45, 2.75) is 4.90 Å². The first-order chi connectivity index (χ1) is 9.93. The average molecular weight is 280 g/mol. The second-order valence-corrected chi connectivity index (χ2v) is 5.64. The van der Waals surface area contributed by atoms with Gasteiger partial charge in [-0.05, 0) is 23.6 Å². The van der Waals surface area contributed by atoms with Crippen molar-refractivity contribution >= 4 is 28.4 Å². The molecule has 0 fully saturated rings. The number of aromatic nitrogens is 1. The minimum atomic E-state index is 0.903. The van der Waals surface area contributed by atoms with Crippen LogP contribution >= 0.6 is 11.8 Å². The Labute approximate surface area is 123 Å². The van der Waals surface area contributed by atoms with Crippen LogP contribution in [0.5, 0.6) is 0 Å². The van der Waals surface area contributed by atoms with Crippen LogP contribution in [0.25, 0.3) is 10.8 Å². The Bertz CT molecular complexity index is 677. The predicted octanol–water partition coefficient (Wildman–Crippen LogP) is 4.44. The Balaban J connectivity index is 1.60. The van der Waals surface area contributed by atoms with Crippen molar-refractivity contribution in [3.05, 3.63) is 66.9 Å². The van der Waals surface area contributed by atoms with Gasteiger partial charge in [-0.1, -0.05) is 42.5 Å². The van der Waals surface area contributed by atoms with E-state index in [-0.39, 0.29) is 0 Å². The van der Waals surface area contributed by atoms with Gasteiger partial charge in [-0.25, -0.2) is 4.98 Å². The molecule has 0 saturated carbocycles. The third-order valence-electron chi connectivity index (χ3n) is 3.08. The Morgan fingerprint density at radius 1 is 0.900 bits per heavy atom. The van der Waals surface area contributed by atoms with Crippen LogP contribution in [0, 0.1) is 0 Å². The van der Waals surface area contributed by atoms with E-state index in [1.165, 1.54) is 15.7 Å². The molecule has 1 aromatic heterocycles. The summed E-state index contributed by atoms with van der Waals surface area (Å²) in [6, 6.07) is 20.8. The lowest BCUT2D eigenvalue weighted by Crippen LogP contribution is -2.05. The van der Waals surface area contributed by atoms with Crippen molar-refractivity contribution in [3.63, 3.8) is 0 Å². The normalized spacial score (nSPS) is 10.6. The van der Waals surface area contributed by atoms with Gasteiger partial charge in [0.2, 0.25) is 0 Å². The van der Waals surface area contributed by atoms with Gasteiger partial charge in [0.15, 0.2) is 0 Å². The van der Waals surface area contributed by atoms with E-state index in [4.69, 9.17) is 0 Å². The highest BCUT2D eigenvalue weighted by Crippen LogP contribution is 2.21. The lowest BCUT2D eigenvalue weighted by atomic mass is 10.1. The largest absolute Gasteiger partial charge is 0.369 e. The fourth-order valence-electron chi connectivity index (χ4n) is 2.12. The molecule has 3 heteroatoms. The summed E-state index contributed by atoms with van der Waals surface area (Å²) in [5.74, 6) is 1.99. The molecule has 2 aromatic carbocycles. The van der Waals surface area contributed by atoms with Gasteiger partial charge in [0.25, 0.3) is 0 Å². The number of pyridine rings is 1.